The molecule has 4 rings (SSSR count). The number of sulfonamides is 1. The number of para-hydroxylation sites is 1. The van der Waals surface area contributed by atoms with Gasteiger partial charge in [0, 0.05) is 29.7 Å². The van der Waals surface area contributed by atoms with E-state index in [2.05, 4.69) is 36.2 Å². The van der Waals surface area contributed by atoms with Gasteiger partial charge in [0.25, 0.3) is 10.0 Å². The molecule has 1 N–H and O–H groups in total. The van der Waals surface area contributed by atoms with Gasteiger partial charge in [-0.1, -0.05) is 24.3 Å². The first-order chi connectivity index (χ1) is 12.1. The van der Waals surface area contributed by atoms with E-state index in [0.29, 0.717) is 23.2 Å². The van der Waals surface area contributed by atoms with Crippen molar-refractivity contribution in [2.45, 2.75) is 30.4 Å². The fourth-order valence-electron chi connectivity index (χ4n) is 3.78. The summed E-state index contributed by atoms with van der Waals surface area (Å²) in [6.45, 7) is 3.37. The van der Waals surface area contributed by atoms with Gasteiger partial charge in [0.1, 0.15) is 4.21 Å². The van der Waals surface area contributed by atoms with Gasteiger partial charge in [0.05, 0.1) is 0 Å². The normalized spacial score (nSPS) is 17.3. The molecule has 3 heterocycles. The van der Waals surface area contributed by atoms with Crippen LogP contribution in [0.15, 0.2) is 46.0 Å². The Morgan fingerprint density at radius 1 is 1.16 bits per heavy atom. The lowest BCUT2D eigenvalue weighted by Gasteiger charge is -2.31. The van der Waals surface area contributed by atoms with Crippen molar-refractivity contribution in [2.75, 3.05) is 13.1 Å². The molecule has 1 aliphatic heterocycles. The molecule has 0 amide bonds. The molecule has 0 radical (unpaired) electrons. The molecule has 2 aromatic heterocycles. The van der Waals surface area contributed by atoms with Crippen molar-refractivity contribution in [2.24, 2.45) is 5.92 Å². The molecule has 4 nitrogen and oxygen atoms in total. The van der Waals surface area contributed by atoms with Gasteiger partial charge in [-0.05, 0) is 55.2 Å². The SMILES string of the molecule is Cc1[nH]c2ccccc2c1CC1CCN(S(=O)(=O)c2cccs2)CC1. The molecule has 3 aromatic rings. The summed E-state index contributed by atoms with van der Waals surface area (Å²) in [6.07, 6.45) is 2.86. The fourth-order valence-corrected chi connectivity index (χ4v) is 6.39. The first-order valence-electron chi connectivity index (χ1n) is 8.65. The highest BCUT2D eigenvalue weighted by Gasteiger charge is 2.30. The zero-order chi connectivity index (χ0) is 17.4. The maximum absolute atomic E-state index is 12.6. The first-order valence-corrected chi connectivity index (χ1v) is 11.0. The second kappa shape index (κ2) is 6.59. The van der Waals surface area contributed by atoms with Crippen LogP contribution in [0, 0.1) is 12.8 Å². The van der Waals surface area contributed by atoms with Crippen LogP contribution in [0.1, 0.15) is 24.1 Å². The Labute approximate surface area is 152 Å². The van der Waals surface area contributed by atoms with Crippen molar-refractivity contribution >= 4 is 32.3 Å². The largest absolute Gasteiger partial charge is 0.358 e. The first kappa shape index (κ1) is 16.8. The molecule has 1 aromatic carbocycles. The van der Waals surface area contributed by atoms with E-state index in [0.717, 1.165) is 19.3 Å². The molecule has 25 heavy (non-hydrogen) atoms. The van der Waals surface area contributed by atoms with Gasteiger partial charge >= 0.3 is 0 Å². The van der Waals surface area contributed by atoms with Crippen molar-refractivity contribution in [3.63, 3.8) is 0 Å². The lowest BCUT2D eigenvalue weighted by molar-refractivity contribution is 0.273. The predicted octanol–water partition coefficient (Wildman–Crippen LogP) is 4.18. The molecule has 1 fully saturated rings. The van der Waals surface area contributed by atoms with E-state index in [-0.39, 0.29) is 0 Å². The number of hydrogen-bond acceptors (Lipinski definition) is 3. The zero-order valence-electron chi connectivity index (χ0n) is 14.2. The number of nitrogens with zero attached hydrogens (tertiary/aromatic N) is 1. The maximum atomic E-state index is 12.6. The van der Waals surface area contributed by atoms with Crippen LogP contribution in [0.3, 0.4) is 0 Å². The monoisotopic (exact) mass is 374 g/mol. The molecule has 0 saturated carbocycles. The van der Waals surface area contributed by atoms with E-state index in [1.165, 1.54) is 33.5 Å². The Morgan fingerprint density at radius 2 is 1.92 bits per heavy atom. The molecule has 1 aliphatic rings. The molecule has 6 heteroatoms. The Hall–Kier alpha value is -1.63. The third-order valence-electron chi connectivity index (χ3n) is 5.18. The molecule has 0 spiro atoms. The third kappa shape index (κ3) is 3.14. The number of H-pyrrole nitrogens is 1. The van der Waals surface area contributed by atoms with Crippen LogP contribution in [0.25, 0.3) is 10.9 Å². The summed E-state index contributed by atoms with van der Waals surface area (Å²) in [5.74, 6) is 0.535. The minimum Gasteiger partial charge on any atom is -0.358 e. The third-order valence-corrected chi connectivity index (χ3v) is 8.45. The van der Waals surface area contributed by atoms with E-state index in [4.69, 9.17) is 0 Å². The van der Waals surface area contributed by atoms with E-state index in [1.54, 1.807) is 16.4 Å². The minimum atomic E-state index is -3.30. The summed E-state index contributed by atoms with van der Waals surface area (Å²) in [4.78, 5) is 3.46. The number of hydrogen-bond donors (Lipinski definition) is 1. The standard InChI is InChI=1S/C19H22N2O2S2/c1-14-17(16-5-2-3-6-18(16)20-14)13-15-8-10-21(11-9-15)25(22,23)19-7-4-12-24-19/h2-7,12,15,20H,8-11,13H2,1H3. The van der Waals surface area contributed by atoms with Gasteiger partial charge in [0.15, 0.2) is 0 Å². The van der Waals surface area contributed by atoms with Crippen LogP contribution in [-0.2, 0) is 16.4 Å². The molecule has 0 atom stereocenters. The second-order valence-electron chi connectivity index (χ2n) is 6.76. The van der Waals surface area contributed by atoms with Gasteiger partial charge in [-0.2, -0.15) is 4.31 Å². The summed E-state index contributed by atoms with van der Waals surface area (Å²) >= 11 is 1.30. The molecule has 1 saturated heterocycles. The van der Waals surface area contributed by atoms with Gasteiger partial charge in [-0.25, -0.2) is 8.42 Å². The van der Waals surface area contributed by atoms with Crippen molar-refractivity contribution in [3.05, 3.63) is 53.0 Å². The van der Waals surface area contributed by atoms with Crippen molar-refractivity contribution in [1.29, 1.82) is 0 Å². The summed E-state index contributed by atoms with van der Waals surface area (Å²) in [7, 11) is -3.30. The maximum Gasteiger partial charge on any atom is 0.252 e. The van der Waals surface area contributed by atoms with Gasteiger partial charge in [-0.3, -0.25) is 0 Å². The number of benzene rings is 1. The van der Waals surface area contributed by atoms with Crippen molar-refractivity contribution < 1.29 is 8.42 Å². The molecular weight excluding hydrogens is 352 g/mol. The number of rotatable bonds is 4. The Morgan fingerprint density at radius 3 is 2.64 bits per heavy atom. The number of thiophene rings is 1. The number of nitrogens with one attached hydrogen (secondary N) is 1. The molecule has 0 aliphatic carbocycles. The Balaban J connectivity index is 1.46. The van der Waals surface area contributed by atoms with Crippen LogP contribution >= 0.6 is 11.3 Å². The average Bonchev–Trinajstić information content (AvgIpc) is 3.25. The zero-order valence-corrected chi connectivity index (χ0v) is 15.9. The van der Waals surface area contributed by atoms with Crippen molar-refractivity contribution in [1.82, 2.24) is 9.29 Å². The smallest absolute Gasteiger partial charge is 0.252 e. The highest BCUT2D eigenvalue weighted by Crippen LogP contribution is 2.31. The van der Waals surface area contributed by atoms with Crippen LogP contribution in [0.5, 0.6) is 0 Å². The van der Waals surface area contributed by atoms with E-state index < -0.39 is 10.0 Å². The average molecular weight is 375 g/mol. The number of aromatic amines is 1. The quantitative estimate of drug-likeness (QED) is 0.745. The summed E-state index contributed by atoms with van der Waals surface area (Å²) in [5, 5.41) is 3.12. The Kier molecular flexibility index (Phi) is 4.43. The highest BCUT2D eigenvalue weighted by atomic mass is 32.2. The van der Waals surface area contributed by atoms with Gasteiger partial charge in [-0.15, -0.1) is 11.3 Å². The van der Waals surface area contributed by atoms with Gasteiger partial charge in [0.2, 0.25) is 0 Å². The summed E-state index contributed by atoms with van der Waals surface area (Å²) in [6, 6.07) is 11.9. The predicted molar refractivity (Wildman–Crippen MR) is 103 cm³/mol. The van der Waals surface area contributed by atoms with Gasteiger partial charge < -0.3 is 4.98 Å². The molecule has 0 bridgehead atoms. The van der Waals surface area contributed by atoms with Crippen molar-refractivity contribution in [3.8, 4) is 0 Å². The summed E-state index contributed by atoms with van der Waals surface area (Å²) in [5.41, 5.74) is 3.80. The lowest BCUT2D eigenvalue weighted by Crippen LogP contribution is -2.38. The van der Waals surface area contributed by atoms with E-state index in [9.17, 15) is 8.42 Å². The van der Waals surface area contributed by atoms with E-state index >= 15 is 0 Å². The van der Waals surface area contributed by atoms with Crippen LogP contribution in [0.2, 0.25) is 0 Å². The molecular formula is C19H22N2O2S2. The minimum absolute atomic E-state index is 0.457. The fraction of sp³-hybridized carbons (Fsp3) is 0.368. The number of aryl methyl sites for hydroxylation is 1. The van der Waals surface area contributed by atoms with E-state index in [1.807, 2.05) is 5.38 Å². The number of fused-ring (bicyclic) bond motifs is 1. The number of aromatic nitrogens is 1. The van der Waals surface area contributed by atoms with Crippen LogP contribution < -0.4 is 0 Å². The van der Waals surface area contributed by atoms with Crippen LogP contribution in [0.4, 0.5) is 0 Å². The molecule has 132 valence electrons. The second-order valence-corrected chi connectivity index (χ2v) is 9.87. The van der Waals surface area contributed by atoms with Crippen LogP contribution in [-0.4, -0.2) is 30.8 Å². The number of piperidine rings is 1. The lowest BCUT2D eigenvalue weighted by atomic mass is 9.90. The topological polar surface area (TPSA) is 53.2 Å². The highest BCUT2D eigenvalue weighted by molar-refractivity contribution is 7.91. The Bertz CT molecular complexity index is 966. The summed E-state index contributed by atoms with van der Waals surface area (Å²) < 4.78 is 27.4. The molecule has 0 unspecified atom stereocenters.